The summed E-state index contributed by atoms with van der Waals surface area (Å²) < 4.78 is 0. The summed E-state index contributed by atoms with van der Waals surface area (Å²) in [7, 11) is 0. The Balaban J connectivity index is 3.05. The predicted molar refractivity (Wildman–Crippen MR) is 74.7 cm³/mol. The zero-order chi connectivity index (χ0) is 13.6. The van der Waals surface area contributed by atoms with Gasteiger partial charge in [-0.3, -0.25) is 0 Å². The molecule has 0 heterocycles. The summed E-state index contributed by atoms with van der Waals surface area (Å²) in [5, 5.41) is 17.6. The Morgan fingerprint density at radius 2 is 1.22 bits per heavy atom. The molecule has 0 spiro atoms. The third kappa shape index (κ3) is 11.9. The molecular formula is C15H30O3. The third-order valence-corrected chi connectivity index (χ3v) is 3.37. The zero-order valence-electron chi connectivity index (χ0n) is 11.9. The van der Waals surface area contributed by atoms with E-state index in [0.29, 0.717) is 6.42 Å². The molecule has 0 fully saturated rings. The third-order valence-electron chi connectivity index (χ3n) is 3.37. The fourth-order valence-electron chi connectivity index (χ4n) is 2.13. The molecular weight excluding hydrogens is 228 g/mol. The molecule has 0 unspecified atom stereocenters. The quantitative estimate of drug-likeness (QED) is 0.488. The van der Waals surface area contributed by atoms with Crippen molar-refractivity contribution >= 4 is 5.97 Å². The molecule has 0 aromatic rings. The normalized spacial score (nSPS) is 12.6. The van der Waals surface area contributed by atoms with E-state index >= 15 is 0 Å². The fourth-order valence-corrected chi connectivity index (χ4v) is 2.13. The van der Waals surface area contributed by atoms with Gasteiger partial charge in [0.25, 0.3) is 0 Å². The number of carboxylic acids is 1. The second kappa shape index (κ2) is 12.9. The van der Waals surface area contributed by atoms with E-state index in [1.54, 1.807) is 0 Å². The first-order valence-corrected chi connectivity index (χ1v) is 7.59. The number of aliphatic hydroxyl groups is 1. The van der Waals surface area contributed by atoms with Crippen LogP contribution in [0.5, 0.6) is 0 Å². The molecule has 0 radical (unpaired) electrons. The van der Waals surface area contributed by atoms with Crippen LogP contribution in [-0.2, 0) is 4.79 Å². The summed E-state index contributed by atoms with van der Waals surface area (Å²) in [6, 6.07) is 0. The number of carboxylic acid groups (broad SMARTS) is 1. The molecule has 1 atom stereocenters. The van der Waals surface area contributed by atoms with E-state index in [2.05, 4.69) is 6.92 Å². The van der Waals surface area contributed by atoms with Crippen LogP contribution in [0.15, 0.2) is 0 Å². The van der Waals surface area contributed by atoms with Gasteiger partial charge in [0.05, 0.1) is 0 Å². The van der Waals surface area contributed by atoms with Crippen molar-refractivity contribution in [3.63, 3.8) is 0 Å². The van der Waals surface area contributed by atoms with Gasteiger partial charge in [0.1, 0.15) is 0 Å². The Morgan fingerprint density at radius 3 is 1.61 bits per heavy atom. The molecule has 0 bridgehead atoms. The number of aliphatic carboxylic acids is 1. The molecule has 0 aliphatic rings. The molecule has 108 valence electrons. The SMILES string of the molecule is CCCCCCCCCCCCC[C@@H](O)C(=O)O. The highest BCUT2D eigenvalue weighted by Crippen LogP contribution is 2.12. The highest BCUT2D eigenvalue weighted by atomic mass is 16.4. The Kier molecular flexibility index (Phi) is 12.5. The molecule has 0 aliphatic carbocycles. The van der Waals surface area contributed by atoms with Gasteiger partial charge in [0.2, 0.25) is 0 Å². The summed E-state index contributed by atoms with van der Waals surface area (Å²) in [4.78, 5) is 10.4. The lowest BCUT2D eigenvalue weighted by atomic mass is 10.0. The molecule has 0 aromatic carbocycles. The number of hydrogen-bond donors (Lipinski definition) is 2. The van der Waals surface area contributed by atoms with E-state index in [9.17, 15) is 4.79 Å². The molecule has 3 nitrogen and oxygen atoms in total. The second-order valence-electron chi connectivity index (χ2n) is 5.18. The summed E-state index contributed by atoms with van der Waals surface area (Å²) in [5.41, 5.74) is 0. The maximum Gasteiger partial charge on any atom is 0.332 e. The summed E-state index contributed by atoms with van der Waals surface area (Å²) in [6.07, 6.45) is 12.9. The predicted octanol–water partition coefficient (Wildman–Crippen LogP) is 4.13. The zero-order valence-corrected chi connectivity index (χ0v) is 11.9. The molecule has 3 heteroatoms. The van der Waals surface area contributed by atoms with Gasteiger partial charge in [-0.2, -0.15) is 0 Å². The van der Waals surface area contributed by atoms with Gasteiger partial charge in [-0.05, 0) is 6.42 Å². The lowest BCUT2D eigenvalue weighted by Crippen LogP contribution is -2.18. The van der Waals surface area contributed by atoms with Crippen LogP contribution in [0.25, 0.3) is 0 Å². The van der Waals surface area contributed by atoms with Crippen molar-refractivity contribution in [2.75, 3.05) is 0 Å². The number of rotatable bonds is 13. The number of hydrogen-bond acceptors (Lipinski definition) is 2. The standard InChI is InChI=1S/C15H30O3/c1-2-3-4-5-6-7-8-9-10-11-12-13-14(16)15(17)18/h14,16H,2-13H2,1H3,(H,17,18)/t14-/m1/s1. The monoisotopic (exact) mass is 258 g/mol. The van der Waals surface area contributed by atoms with Crippen LogP contribution in [-0.4, -0.2) is 22.3 Å². The molecule has 18 heavy (non-hydrogen) atoms. The van der Waals surface area contributed by atoms with Crippen molar-refractivity contribution in [1.82, 2.24) is 0 Å². The Bertz CT molecular complexity index is 192. The Morgan fingerprint density at radius 1 is 0.833 bits per heavy atom. The molecule has 0 rings (SSSR count). The van der Waals surface area contributed by atoms with Crippen molar-refractivity contribution in [2.24, 2.45) is 0 Å². The van der Waals surface area contributed by atoms with Gasteiger partial charge in [0.15, 0.2) is 6.10 Å². The van der Waals surface area contributed by atoms with E-state index in [1.165, 1.54) is 57.8 Å². The maximum atomic E-state index is 10.4. The van der Waals surface area contributed by atoms with Crippen molar-refractivity contribution in [3.05, 3.63) is 0 Å². The largest absolute Gasteiger partial charge is 0.479 e. The molecule has 0 aromatic heterocycles. The van der Waals surface area contributed by atoms with E-state index < -0.39 is 12.1 Å². The van der Waals surface area contributed by atoms with E-state index in [0.717, 1.165) is 12.8 Å². The first-order chi connectivity index (χ1) is 8.68. The minimum Gasteiger partial charge on any atom is -0.479 e. The average molecular weight is 258 g/mol. The van der Waals surface area contributed by atoms with Gasteiger partial charge in [0, 0.05) is 0 Å². The van der Waals surface area contributed by atoms with Crippen LogP contribution in [0.1, 0.15) is 84.0 Å². The smallest absolute Gasteiger partial charge is 0.332 e. The van der Waals surface area contributed by atoms with Crippen molar-refractivity contribution < 1.29 is 15.0 Å². The number of aliphatic hydroxyl groups excluding tert-OH is 1. The minimum atomic E-state index is -1.16. The van der Waals surface area contributed by atoms with Crippen molar-refractivity contribution in [1.29, 1.82) is 0 Å². The molecule has 2 N–H and O–H groups in total. The lowest BCUT2D eigenvalue weighted by Gasteiger charge is -2.05. The van der Waals surface area contributed by atoms with Crippen LogP contribution in [0.3, 0.4) is 0 Å². The van der Waals surface area contributed by atoms with E-state index in [1.807, 2.05) is 0 Å². The highest BCUT2D eigenvalue weighted by molar-refractivity contribution is 5.71. The van der Waals surface area contributed by atoms with Crippen LogP contribution >= 0.6 is 0 Å². The highest BCUT2D eigenvalue weighted by Gasteiger charge is 2.11. The van der Waals surface area contributed by atoms with Gasteiger partial charge in [-0.15, -0.1) is 0 Å². The Hall–Kier alpha value is -0.570. The fraction of sp³-hybridized carbons (Fsp3) is 0.933. The topological polar surface area (TPSA) is 57.5 Å². The summed E-state index contributed by atoms with van der Waals surface area (Å²) >= 11 is 0. The van der Waals surface area contributed by atoms with Crippen LogP contribution in [0, 0.1) is 0 Å². The number of unbranched alkanes of at least 4 members (excludes halogenated alkanes) is 10. The summed E-state index contributed by atoms with van der Waals surface area (Å²) in [5.74, 6) is -1.10. The minimum absolute atomic E-state index is 0.395. The van der Waals surface area contributed by atoms with Gasteiger partial charge in [-0.1, -0.05) is 77.6 Å². The Labute approximate surface area is 112 Å². The van der Waals surface area contributed by atoms with E-state index in [-0.39, 0.29) is 0 Å². The number of carbonyl (C=O) groups is 1. The summed E-state index contributed by atoms with van der Waals surface area (Å²) in [6.45, 7) is 2.24. The van der Waals surface area contributed by atoms with E-state index in [4.69, 9.17) is 10.2 Å². The van der Waals surface area contributed by atoms with Gasteiger partial charge < -0.3 is 10.2 Å². The second-order valence-corrected chi connectivity index (χ2v) is 5.18. The van der Waals surface area contributed by atoms with Crippen LogP contribution in [0.2, 0.25) is 0 Å². The molecule has 0 amide bonds. The average Bonchev–Trinajstić information content (AvgIpc) is 2.35. The maximum absolute atomic E-state index is 10.4. The first kappa shape index (κ1) is 17.4. The van der Waals surface area contributed by atoms with Gasteiger partial charge in [-0.25, -0.2) is 4.79 Å². The van der Waals surface area contributed by atoms with Gasteiger partial charge >= 0.3 is 5.97 Å². The lowest BCUT2D eigenvalue weighted by molar-refractivity contribution is -0.146. The molecule has 0 saturated carbocycles. The van der Waals surface area contributed by atoms with Crippen molar-refractivity contribution in [3.8, 4) is 0 Å². The van der Waals surface area contributed by atoms with Crippen LogP contribution < -0.4 is 0 Å². The molecule has 0 aliphatic heterocycles. The first-order valence-electron chi connectivity index (χ1n) is 7.59. The van der Waals surface area contributed by atoms with Crippen LogP contribution in [0.4, 0.5) is 0 Å². The van der Waals surface area contributed by atoms with Crippen molar-refractivity contribution in [2.45, 2.75) is 90.1 Å². The molecule has 0 saturated heterocycles.